The molecule has 0 spiro atoms. The van der Waals surface area contributed by atoms with Gasteiger partial charge in [-0.2, -0.15) is 5.26 Å². The van der Waals surface area contributed by atoms with Crippen LogP contribution in [0.2, 0.25) is 0 Å². The standard InChI is InChI=1S/C15H22N2O3/c1-3-19-12(2)9-17-10-14(18)11-20-15-7-5-4-6-13(15)8-16/h4-7,12,14,17-18H,3,9-11H2,1-2H3. The van der Waals surface area contributed by atoms with Crippen LogP contribution in [0.1, 0.15) is 19.4 Å². The van der Waals surface area contributed by atoms with E-state index in [1.165, 1.54) is 0 Å². The van der Waals surface area contributed by atoms with E-state index in [1.54, 1.807) is 24.3 Å². The molecule has 5 nitrogen and oxygen atoms in total. The zero-order valence-corrected chi connectivity index (χ0v) is 12.0. The topological polar surface area (TPSA) is 74.5 Å². The highest BCUT2D eigenvalue weighted by atomic mass is 16.5. The summed E-state index contributed by atoms with van der Waals surface area (Å²) in [6.07, 6.45) is -0.511. The lowest BCUT2D eigenvalue weighted by atomic mass is 10.2. The second-order valence-electron chi connectivity index (χ2n) is 4.50. The first kappa shape index (κ1) is 16.4. The highest BCUT2D eigenvalue weighted by Gasteiger charge is 2.08. The largest absolute Gasteiger partial charge is 0.489 e. The summed E-state index contributed by atoms with van der Waals surface area (Å²) in [4.78, 5) is 0. The van der Waals surface area contributed by atoms with Crippen LogP contribution in [0.25, 0.3) is 0 Å². The highest BCUT2D eigenvalue weighted by molar-refractivity contribution is 5.42. The molecule has 20 heavy (non-hydrogen) atoms. The van der Waals surface area contributed by atoms with Crippen LogP contribution in [-0.2, 0) is 4.74 Å². The van der Waals surface area contributed by atoms with Crippen molar-refractivity contribution < 1.29 is 14.6 Å². The molecule has 1 rings (SSSR count). The van der Waals surface area contributed by atoms with Crippen molar-refractivity contribution in [3.05, 3.63) is 29.8 Å². The number of para-hydroxylation sites is 1. The maximum absolute atomic E-state index is 9.81. The number of aliphatic hydroxyl groups excluding tert-OH is 1. The second-order valence-corrected chi connectivity index (χ2v) is 4.50. The van der Waals surface area contributed by atoms with E-state index in [0.717, 1.165) is 0 Å². The number of ether oxygens (including phenoxy) is 2. The molecule has 1 aromatic rings. The van der Waals surface area contributed by atoms with Gasteiger partial charge in [0.25, 0.3) is 0 Å². The molecule has 0 saturated carbocycles. The van der Waals surface area contributed by atoms with Crippen molar-refractivity contribution in [2.24, 2.45) is 0 Å². The smallest absolute Gasteiger partial charge is 0.137 e. The van der Waals surface area contributed by atoms with Gasteiger partial charge in [-0.1, -0.05) is 12.1 Å². The number of hydrogen-bond donors (Lipinski definition) is 2. The molecule has 0 heterocycles. The van der Waals surface area contributed by atoms with Gasteiger partial charge in [-0.25, -0.2) is 0 Å². The van der Waals surface area contributed by atoms with Gasteiger partial charge in [0.15, 0.2) is 0 Å². The van der Waals surface area contributed by atoms with E-state index in [-0.39, 0.29) is 12.7 Å². The maximum Gasteiger partial charge on any atom is 0.137 e. The summed E-state index contributed by atoms with van der Waals surface area (Å²) >= 11 is 0. The third-order valence-corrected chi connectivity index (χ3v) is 2.70. The third-order valence-electron chi connectivity index (χ3n) is 2.70. The summed E-state index contributed by atoms with van der Waals surface area (Å²) in [5.41, 5.74) is 0.470. The molecule has 0 aliphatic heterocycles. The average molecular weight is 278 g/mol. The number of aliphatic hydroxyl groups is 1. The lowest BCUT2D eigenvalue weighted by molar-refractivity contribution is 0.0671. The summed E-state index contributed by atoms with van der Waals surface area (Å²) in [7, 11) is 0. The second kappa shape index (κ2) is 9.32. The predicted molar refractivity (Wildman–Crippen MR) is 76.6 cm³/mol. The van der Waals surface area contributed by atoms with Crippen molar-refractivity contribution in [3.63, 3.8) is 0 Å². The van der Waals surface area contributed by atoms with Gasteiger partial charge in [0, 0.05) is 19.7 Å². The van der Waals surface area contributed by atoms with E-state index < -0.39 is 6.10 Å². The van der Waals surface area contributed by atoms with Gasteiger partial charge in [0.2, 0.25) is 0 Å². The number of hydrogen-bond acceptors (Lipinski definition) is 5. The van der Waals surface area contributed by atoms with Gasteiger partial charge in [0.1, 0.15) is 24.5 Å². The summed E-state index contributed by atoms with van der Waals surface area (Å²) < 4.78 is 10.8. The zero-order valence-electron chi connectivity index (χ0n) is 12.0. The molecule has 2 atom stereocenters. The van der Waals surface area contributed by atoms with Crippen LogP contribution >= 0.6 is 0 Å². The Kier molecular flexibility index (Phi) is 7.66. The highest BCUT2D eigenvalue weighted by Crippen LogP contribution is 2.16. The molecule has 0 radical (unpaired) electrons. The monoisotopic (exact) mass is 278 g/mol. The van der Waals surface area contributed by atoms with Crippen LogP contribution < -0.4 is 10.1 Å². The van der Waals surface area contributed by atoms with Gasteiger partial charge in [0.05, 0.1) is 11.7 Å². The Morgan fingerprint density at radius 3 is 2.80 bits per heavy atom. The molecule has 0 fully saturated rings. The minimum atomic E-state index is -0.629. The molecule has 0 aliphatic carbocycles. The summed E-state index contributed by atoms with van der Waals surface area (Å²) in [6.45, 7) is 5.86. The van der Waals surface area contributed by atoms with E-state index >= 15 is 0 Å². The Balaban J connectivity index is 2.26. The summed E-state index contributed by atoms with van der Waals surface area (Å²) in [5, 5.41) is 21.8. The number of nitrogens with one attached hydrogen (secondary N) is 1. The SMILES string of the molecule is CCOC(C)CNCC(O)COc1ccccc1C#N. The molecule has 5 heteroatoms. The molecule has 2 unspecified atom stereocenters. The minimum Gasteiger partial charge on any atom is -0.489 e. The first-order valence-electron chi connectivity index (χ1n) is 6.79. The fourth-order valence-corrected chi connectivity index (χ4v) is 1.73. The lowest BCUT2D eigenvalue weighted by Crippen LogP contribution is -2.35. The van der Waals surface area contributed by atoms with Crippen molar-refractivity contribution >= 4 is 0 Å². The van der Waals surface area contributed by atoms with Crippen LogP contribution in [0.4, 0.5) is 0 Å². The predicted octanol–water partition coefficient (Wildman–Crippen LogP) is 1.31. The minimum absolute atomic E-state index is 0.118. The van der Waals surface area contributed by atoms with E-state index in [2.05, 4.69) is 11.4 Å². The molecule has 110 valence electrons. The summed E-state index contributed by atoms with van der Waals surface area (Å²) in [6, 6.07) is 9.03. The Bertz CT molecular complexity index is 431. The van der Waals surface area contributed by atoms with Gasteiger partial charge in [-0.15, -0.1) is 0 Å². The maximum atomic E-state index is 9.81. The Hall–Kier alpha value is -1.61. The van der Waals surface area contributed by atoms with E-state index in [9.17, 15) is 5.11 Å². The number of rotatable bonds is 9. The molecule has 1 aromatic carbocycles. The normalized spacial score (nSPS) is 13.5. The van der Waals surface area contributed by atoms with Gasteiger partial charge in [-0.3, -0.25) is 0 Å². The van der Waals surface area contributed by atoms with E-state index in [1.807, 2.05) is 13.8 Å². The molecule has 0 saturated heterocycles. The van der Waals surface area contributed by atoms with Crippen LogP contribution in [0.15, 0.2) is 24.3 Å². The summed E-state index contributed by atoms with van der Waals surface area (Å²) in [5.74, 6) is 0.497. The molecule has 0 aromatic heterocycles. The van der Waals surface area contributed by atoms with Crippen molar-refractivity contribution in [2.75, 3.05) is 26.3 Å². The molecule has 0 aliphatic rings. The van der Waals surface area contributed by atoms with E-state index in [4.69, 9.17) is 14.7 Å². The molecule has 2 N–H and O–H groups in total. The average Bonchev–Trinajstić information content (AvgIpc) is 2.45. The number of nitrogens with zero attached hydrogens (tertiary/aromatic N) is 1. The number of benzene rings is 1. The van der Waals surface area contributed by atoms with Gasteiger partial charge < -0.3 is 19.9 Å². The molecular weight excluding hydrogens is 256 g/mol. The number of nitriles is 1. The molecule has 0 bridgehead atoms. The van der Waals surface area contributed by atoms with Crippen LogP contribution in [0.3, 0.4) is 0 Å². The first-order chi connectivity index (χ1) is 9.67. The van der Waals surface area contributed by atoms with Crippen LogP contribution in [0.5, 0.6) is 5.75 Å². The van der Waals surface area contributed by atoms with Gasteiger partial charge >= 0.3 is 0 Å². The Morgan fingerprint density at radius 2 is 2.10 bits per heavy atom. The lowest BCUT2D eigenvalue weighted by Gasteiger charge is -2.16. The molecular formula is C15H22N2O3. The third kappa shape index (κ3) is 6.02. The van der Waals surface area contributed by atoms with E-state index in [0.29, 0.717) is 31.0 Å². The van der Waals surface area contributed by atoms with Crippen LogP contribution in [-0.4, -0.2) is 43.6 Å². The fourth-order valence-electron chi connectivity index (χ4n) is 1.73. The van der Waals surface area contributed by atoms with Gasteiger partial charge in [-0.05, 0) is 26.0 Å². The Morgan fingerprint density at radius 1 is 1.35 bits per heavy atom. The van der Waals surface area contributed by atoms with Crippen molar-refractivity contribution in [2.45, 2.75) is 26.1 Å². The Labute approximate surface area is 120 Å². The quantitative estimate of drug-likeness (QED) is 0.712. The van der Waals surface area contributed by atoms with Crippen LogP contribution in [0, 0.1) is 11.3 Å². The zero-order chi connectivity index (χ0) is 14.8. The van der Waals surface area contributed by atoms with Crippen molar-refractivity contribution in [1.82, 2.24) is 5.32 Å². The first-order valence-corrected chi connectivity index (χ1v) is 6.79. The van der Waals surface area contributed by atoms with Crippen molar-refractivity contribution in [3.8, 4) is 11.8 Å². The fraction of sp³-hybridized carbons (Fsp3) is 0.533. The molecule has 0 amide bonds. The van der Waals surface area contributed by atoms with Crippen molar-refractivity contribution in [1.29, 1.82) is 5.26 Å².